The van der Waals surface area contributed by atoms with E-state index in [4.69, 9.17) is 28.7 Å². The Morgan fingerprint density at radius 3 is 1.35 bits per heavy atom. The van der Waals surface area contributed by atoms with E-state index in [2.05, 4.69) is 74.1 Å². The van der Waals surface area contributed by atoms with E-state index in [-0.39, 0.29) is 76.3 Å². The maximum Gasteiger partial charge on any atom is 0.305 e. The highest BCUT2D eigenvalue weighted by atomic mass is 16.4. The molecular formula is C82H124N20O26. The van der Waals surface area contributed by atoms with E-state index in [0.29, 0.717) is 28.5 Å². The van der Waals surface area contributed by atoms with Crippen molar-refractivity contribution in [2.24, 2.45) is 46.4 Å². The lowest BCUT2D eigenvalue weighted by Gasteiger charge is -2.32. The molecule has 1 aromatic heterocycles. The number of aliphatic hydroxyl groups is 3. The molecule has 0 spiro atoms. The van der Waals surface area contributed by atoms with Crippen LogP contribution in [-0.4, -0.2) is 282 Å². The topological polar surface area (TPSA) is 768 Å². The third-order valence-electron chi connectivity index (χ3n) is 20.4. The van der Waals surface area contributed by atoms with Gasteiger partial charge < -0.3 is 138 Å². The Morgan fingerprint density at radius 2 is 0.852 bits per heavy atom. The van der Waals surface area contributed by atoms with Gasteiger partial charge in [0.05, 0.1) is 32.2 Å². The van der Waals surface area contributed by atoms with Crippen LogP contribution in [0.3, 0.4) is 0 Å². The molecule has 1 fully saturated rings. The summed E-state index contributed by atoms with van der Waals surface area (Å²) in [6, 6.07) is -10.7. The number of carbonyl (C=O) groups excluding carboxylic acids is 17. The van der Waals surface area contributed by atoms with Crippen molar-refractivity contribution < 1.29 is 127 Å². The minimum Gasteiger partial charge on any atom is -0.481 e. The van der Waals surface area contributed by atoms with Gasteiger partial charge in [-0.15, -0.1) is 0 Å². The molecule has 0 bridgehead atoms. The number of nitrogens with two attached hydrogens (primary N) is 5. The van der Waals surface area contributed by atoms with E-state index in [1.165, 1.54) is 17.0 Å². The van der Waals surface area contributed by atoms with Gasteiger partial charge in [0.1, 0.15) is 90.6 Å². The maximum atomic E-state index is 15.2. The van der Waals surface area contributed by atoms with Gasteiger partial charge in [0.25, 0.3) is 0 Å². The summed E-state index contributed by atoms with van der Waals surface area (Å²) >= 11 is 0. The molecule has 16 atom stereocenters. The number of aromatic amines is 1. The number of carboxylic acids is 3. The number of nitrogens with one attached hydrogen (secondary N) is 14. The summed E-state index contributed by atoms with van der Waals surface area (Å²) in [5.74, 6) is -24.1. The Kier molecular flexibility index (Phi) is 45.0. The van der Waals surface area contributed by atoms with Crippen molar-refractivity contribution in [2.75, 3.05) is 26.3 Å². The fraction of sp³-hybridized carbons (Fsp3) is 0.585. The number of para-hydroxylation sites is 1. The number of fused-ring (bicyclic) bond motifs is 1. The quantitative estimate of drug-likeness (QED) is 0.0234. The summed E-state index contributed by atoms with van der Waals surface area (Å²) in [5.41, 5.74) is 28.7. The Bertz CT molecular complexity index is 4380. The lowest BCUT2D eigenvalue weighted by atomic mass is 9.98. The van der Waals surface area contributed by atoms with Crippen LogP contribution in [0, 0.1) is 17.8 Å². The Labute approximate surface area is 737 Å². The minimum absolute atomic E-state index is 0.0144. The van der Waals surface area contributed by atoms with Crippen LogP contribution in [0.25, 0.3) is 10.9 Å². The number of carboxylic acid groups (broad SMARTS) is 3. The number of nitrogens with zero attached hydrogens (tertiary/aromatic N) is 1. The fourth-order valence-electron chi connectivity index (χ4n) is 13.8. The van der Waals surface area contributed by atoms with E-state index in [1.807, 2.05) is 0 Å². The lowest BCUT2D eigenvalue weighted by Crippen LogP contribution is -2.62. The number of amides is 17. The summed E-state index contributed by atoms with van der Waals surface area (Å²) in [4.78, 5) is 276. The van der Waals surface area contributed by atoms with Crippen molar-refractivity contribution in [1.82, 2.24) is 79.0 Å². The Hall–Kier alpha value is -12.8. The van der Waals surface area contributed by atoms with Crippen LogP contribution in [0.5, 0.6) is 0 Å². The average molecular weight is 1810 g/mol. The standard InChI is InChI=1S/C82H124N20O26/c1-40(2)30-54(95-78(124)58(36-66(112)113)97-79(125)60(39-104)100-76(122)56(33-44-16-9-8-10-17-44)98-81(127)67(43(7)105)101-73(119)52(24-27-65(110)111)91-71(117)50(22-25-62(85)106)89-69(115)47(84)38-103)74(120)96-57(34-45-37-88-48-19-12-11-18-46(45)48)77(123)90-49(20-13-14-28-83)70(116)94-55(31-41(3)4)75(121)99-59(32-42(5)6)82(128)102-29-15-21-61(102)80(126)92-51(23-26-64(108)109)72(118)93-53(68(87)114)35-63(86)107/h8-12,16-19,37,40-43,47,49-61,67,88,103-105H,13-15,20-36,38-39,83-84H2,1-7H3,(H2,85,106)(H2,86,107)(H2,87,114)(H,89,115)(H,90,123)(H,91,117)(H,92,126)(H,93,118)(H,94,116)(H,95,124)(H,96,120)(H,97,125)(H,98,127)(H,99,121)(H,100,122)(H,101,119)(H,108,109)(H,110,111)(H,112,113)/t43-,47+,49+,50+,51+,52+,53+,54+,55+,56+,57+,58+,59+,60+,61+,67+/m1/s1. The first-order chi connectivity index (χ1) is 60.3. The van der Waals surface area contributed by atoms with Gasteiger partial charge in [-0.3, -0.25) is 95.9 Å². The van der Waals surface area contributed by atoms with Crippen molar-refractivity contribution in [3.63, 3.8) is 0 Å². The fourth-order valence-corrected chi connectivity index (χ4v) is 13.8. The van der Waals surface area contributed by atoms with Crippen LogP contribution < -0.4 is 97.8 Å². The summed E-state index contributed by atoms with van der Waals surface area (Å²) in [5, 5.41) is 92.3. The van der Waals surface area contributed by atoms with Crippen molar-refractivity contribution in [1.29, 1.82) is 0 Å². The number of aliphatic carboxylic acids is 3. The number of rotatable bonds is 58. The molecule has 0 saturated carbocycles. The molecule has 2 aromatic carbocycles. The molecule has 3 aromatic rings. The van der Waals surface area contributed by atoms with Crippen LogP contribution in [0.1, 0.15) is 162 Å². The third-order valence-corrected chi connectivity index (χ3v) is 20.4. The minimum atomic E-state index is -2.13. The molecule has 708 valence electrons. The van der Waals surface area contributed by atoms with Gasteiger partial charge in [-0.25, -0.2) is 0 Å². The summed E-state index contributed by atoms with van der Waals surface area (Å²) in [6.45, 7) is 9.25. The number of H-pyrrole nitrogens is 1. The number of unbranched alkanes of at least 4 members (excludes halogenated alkanes) is 1. The average Bonchev–Trinajstić information content (AvgIpc) is 1.64. The molecule has 2 heterocycles. The Balaban J connectivity index is 1.65. The van der Waals surface area contributed by atoms with Crippen molar-refractivity contribution in [3.05, 3.63) is 71.9 Å². The largest absolute Gasteiger partial charge is 0.481 e. The number of carbonyl (C=O) groups is 20. The molecule has 1 saturated heterocycles. The Morgan fingerprint density at radius 1 is 0.430 bits per heavy atom. The van der Waals surface area contributed by atoms with E-state index in [9.17, 15) is 117 Å². The van der Waals surface area contributed by atoms with Crippen molar-refractivity contribution in [3.8, 4) is 0 Å². The third kappa shape index (κ3) is 36.6. The van der Waals surface area contributed by atoms with Crippen LogP contribution in [0.4, 0.5) is 0 Å². The van der Waals surface area contributed by atoms with Gasteiger partial charge in [0.15, 0.2) is 0 Å². The highest BCUT2D eigenvalue weighted by Crippen LogP contribution is 2.24. The highest BCUT2D eigenvalue weighted by molar-refractivity contribution is 6.02. The molecule has 0 radical (unpaired) electrons. The predicted molar refractivity (Wildman–Crippen MR) is 455 cm³/mol. The van der Waals surface area contributed by atoms with E-state index in [1.54, 1.807) is 90.2 Å². The molecule has 30 N–H and O–H groups in total. The normalized spacial score (nSPS) is 16.0. The first kappa shape index (κ1) is 108. The molecule has 17 amide bonds. The molecule has 46 heteroatoms. The van der Waals surface area contributed by atoms with Crippen LogP contribution in [0.15, 0.2) is 60.8 Å². The molecule has 0 aliphatic carbocycles. The van der Waals surface area contributed by atoms with E-state index < -0.39 is 292 Å². The van der Waals surface area contributed by atoms with Gasteiger partial charge in [-0.2, -0.15) is 0 Å². The van der Waals surface area contributed by atoms with Crippen molar-refractivity contribution >= 4 is 129 Å². The van der Waals surface area contributed by atoms with Crippen LogP contribution in [-0.2, 0) is 109 Å². The molecule has 128 heavy (non-hydrogen) atoms. The second-order valence-electron chi connectivity index (χ2n) is 32.6. The first-order valence-electron chi connectivity index (χ1n) is 42.0. The molecule has 1 aliphatic rings. The van der Waals surface area contributed by atoms with Gasteiger partial charge in [-0.1, -0.05) is 90.1 Å². The number of primary amides is 3. The van der Waals surface area contributed by atoms with Gasteiger partial charge in [0, 0.05) is 55.7 Å². The van der Waals surface area contributed by atoms with Gasteiger partial charge in [0.2, 0.25) is 100 Å². The first-order valence-corrected chi connectivity index (χ1v) is 42.0. The van der Waals surface area contributed by atoms with Crippen LogP contribution in [0.2, 0.25) is 0 Å². The van der Waals surface area contributed by atoms with E-state index >= 15 is 9.59 Å². The lowest BCUT2D eigenvalue weighted by molar-refractivity contribution is -0.143. The molecular weight excluding hydrogens is 1680 g/mol. The summed E-state index contributed by atoms with van der Waals surface area (Å²) in [7, 11) is 0. The van der Waals surface area contributed by atoms with Gasteiger partial charge in [-0.05, 0) is 119 Å². The number of likely N-dealkylation sites (tertiary alicyclic amines) is 1. The SMILES string of the molecule is CC(C)C[C@H](NC(=O)[C@H](CC(=O)O)NC(=O)[C@H](CO)NC(=O)[C@H](Cc1ccccc1)NC(=O)[C@@H](NC(=O)[C@H](CCC(=O)O)NC(=O)[C@H](CCC(N)=O)NC(=O)[C@@H](N)CO)[C@@H](C)O)C(=O)N[C@@H](Cc1c[nH]c2ccccc12)C(=O)N[C@@H](CCCCN)C(=O)N[C@@H](CC(C)C)C(=O)N[C@@H](CC(C)C)C(=O)N1CCC[C@H]1C(=O)N[C@@H](CCC(=O)O)C(=O)N[C@@H](CC(N)=O)C(N)=O. The summed E-state index contributed by atoms with van der Waals surface area (Å²) in [6.07, 6.45) is -6.20. The second-order valence-corrected chi connectivity index (χ2v) is 32.6. The number of hydrogen-bond acceptors (Lipinski definition) is 25. The van der Waals surface area contributed by atoms with Gasteiger partial charge >= 0.3 is 17.9 Å². The van der Waals surface area contributed by atoms with E-state index in [0.717, 1.165) is 6.92 Å². The number of aromatic nitrogens is 1. The molecule has 0 unspecified atom stereocenters. The second kappa shape index (κ2) is 53.6. The maximum absolute atomic E-state index is 15.2. The molecule has 1 aliphatic heterocycles. The van der Waals surface area contributed by atoms with Crippen LogP contribution >= 0.6 is 0 Å². The molecule has 46 nitrogen and oxygen atoms in total. The predicted octanol–water partition coefficient (Wildman–Crippen LogP) is -6.96. The highest BCUT2D eigenvalue weighted by Gasteiger charge is 2.43. The zero-order valence-corrected chi connectivity index (χ0v) is 72.5. The molecule has 4 rings (SSSR count). The zero-order chi connectivity index (χ0) is 95.9. The number of benzene rings is 2. The number of hydrogen-bond donors (Lipinski definition) is 25. The smallest absolute Gasteiger partial charge is 0.305 e. The summed E-state index contributed by atoms with van der Waals surface area (Å²) < 4.78 is 0. The zero-order valence-electron chi connectivity index (χ0n) is 72.5. The van der Waals surface area contributed by atoms with Crippen molar-refractivity contribution in [2.45, 2.75) is 261 Å². The monoisotopic (exact) mass is 1800 g/mol. The number of aliphatic hydroxyl groups excluding tert-OH is 3.